The van der Waals surface area contributed by atoms with Crippen LogP contribution < -0.4 is 15.4 Å². The molecule has 2 aromatic carbocycles. The minimum absolute atomic E-state index is 0.00720. The van der Waals surface area contributed by atoms with Gasteiger partial charge in [0, 0.05) is 47.4 Å². The number of carbonyl (C=O) groups excluding carboxylic acids is 1. The van der Waals surface area contributed by atoms with Crippen molar-refractivity contribution in [3.63, 3.8) is 0 Å². The zero-order valence-electron chi connectivity index (χ0n) is 20.6. The number of likely N-dealkylation sites (tertiary alicyclic amines) is 1. The van der Waals surface area contributed by atoms with Gasteiger partial charge >= 0.3 is 0 Å². The number of nitrogens with zero attached hydrogens (tertiary/aromatic N) is 2. The van der Waals surface area contributed by atoms with E-state index in [0.29, 0.717) is 6.42 Å². The van der Waals surface area contributed by atoms with E-state index < -0.39 is 4.92 Å². The molecule has 3 heterocycles. The van der Waals surface area contributed by atoms with Crippen molar-refractivity contribution in [1.82, 2.24) is 15.5 Å². The van der Waals surface area contributed by atoms with E-state index in [2.05, 4.69) is 49.7 Å². The molecule has 2 fully saturated rings. The van der Waals surface area contributed by atoms with Gasteiger partial charge in [-0.3, -0.25) is 19.8 Å². The quantitative estimate of drug-likeness (QED) is 0.284. The third-order valence-electron chi connectivity index (χ3n) is 7.03. The summed E-state index contributed by atoms with van der Waals surface area (Å²) >= 11 is 5.20. The average molecular weight is 588 g/mol. The molecule has 10 heteroatoms. The molecule has 2 saturated heterocycles. The average Bonchev–Trinajstić information content (AvgIpc) is 3.29. The first-order valence-corrected chi connectivity index (χ1v) is 14.4. The molecule has 1 amide bonds. The van der Waals surface area contributed by atoms with Crippen LogP contribution >= 0.6 is 27.3 Å². The van der Waals surface area contributed by atoms with Crippen molar-refractivity contribution in [2.75, 3.05) is 26.2 Å². The van der Waals surface area contributed by atoms with E-state index >= 15 is 0 Å². The number of amides is 1. The molecule has 0 aliphatic carbocycles. The highest BCUT2D eigenvalue weighted by atomic mass is 79.9. The van der Waals surface area contributed by atoms with Crippen molar-refractivity contribution in [3.05, 3.63) is 67.5 Å². The Labute approximate surface area is 228 Å². The minimum Gasteiger partial charge on any atom is -0.489 e. The zero-order chi connectivity index (χ0) is 25.8. The van der Waals surface area contributed by atoms with Gasteiger partial charge in [-0.15, -0.1) is 11.3 Å². The first-order valence-electron chi connectivity index (χ1n) is 12.8. The molecule has 1 aromatic heterocycles. The fourth-order valence-electron chi connectivity index (χ4n) is 5.05. The number of halogens is 1. The normalized spacial score (nSPS) is 17.6. The number of hydrogen-bond acceptors (Lipinski definition) is 7. The third-order valence-corrected chi connectivity index (χ3v) is 8.77. The Hall–Kier alpha value is -2.53. The number of non-ortho nitro benzene ring substituents is 1. The monoisotopic (exact) mass is 586 g/mol. The summed E-state index contributed by atoms with van der Waals surface area (Å²) in [5.74, 6) is 0.918. The highest BCUT2D eigenvalue weighted by Crippen LogP contribution is 2.30. The Kier molecular flexibility index (Phi) is 8.39. The lowest BCUT2D eigenvalue weighted by Crippen LogP contribution is -2.44. The Morgan fingerprint density at radius 2 is 1.92 bits per heavy atom. The standard InChI is InChI=1S/C27H31BrN4O4S/c28-24-13-18(1-3-25(24)36-22-5-9-29-10-6-22)17-31-11-7-20(8-12-31)30-27(33)16-23-15-19-14-21(32(34)35)2-4-26(19)37-23/h1-4,13-15,20,22,29H,5-12,16-17H2,(H,30,33). The maximum Gasteiger partial charge on any atom is 0.270 e. The molecule has 37 heavy (non-hydrogen) atoms. The van der Waals surface area contributed by atoms with Gasteiger partial charge in [0.05, 0.1) is 15.8 Å². The second-order valence-electron chi connectivity index (χ2n) is 9.82. The molecule has 0 atom stereocenters. The molecule has 2 N–H and O–H groups in total. The zero-order valence-corrected chi connectivity index (χ0v) is 23.0. The van der Waals surface area contributed by atoms with Gasteiger partial charge in [0.15, 0.2) is 0 Å². The van der Waals surface area contributed by atoms with Crippen molar-refractivity contribution < 1.29 is 14.5 Å². The number of nitro groups is 1. The van der Waals surface area contributed by atoms with Crippen molar-refractivity contribution in [2.24, 2.45) is 0 Å². The van der Waals surface area contributed by atoms with Crippen LogP contribution in [0.1, 0.15) is 36.1 Å². The lowest BCUT2D eigenvalue weighted by molar-refractivity contribution is -0.384. The molecule has 0 unspecified atom stereocenters. The van der Waals surface area contributed by atoms with E-state index in [1.54, 1.807) is 12.1 Å². The largest absolute Gasteiger partial charge is 0.489 e. The maximum atomic E-state index is 12.7. The number of piperidine rings is 2. The Morgan fingerprint density at radius 3 is 2.65 bits per heavy atom. The van der Waals surface area contributed by atoms with Gasteiger partial charge in [-0.1, -0.05) is 6.07 Å². The first-order chi connectivity index (χ1) is 17.9. The van der Waals surface area contributed by atoms with Gasteiger partial charge in [0.1, 0.15) is 11.9 Å². The molecule has 3 aromatic rings. The van der Waals surface area contributed by atoms with Crippen LogP contribution in [0.2, 0.25) is 0 Å². The lowest BCUT2D eigenvalue weighted by atomic mass is 10.0. The number of benzene rings is 2. The van der Waals surface area contributed by atoms with Gasteiger partial charge in [-0.05, 0) is 89.9 Å². The van der Waals surface area contributed by atoms with Crippen molar-refractivity contribution in [3.8, 4) is 5.75 Å². The number of nitrogens with one attached hydrogen (secondary N) is 2. The summed E-state index contributed by atoms with van der Waals surface area (Å²) < 4.78 is 8.15. The van der Waals surface area contributed by atoms with Gasteiger partial charge in [0.25, 0.3) is 5.69 Å². The summed E-state index contributed by atoms with van der Waals surface area (Å²) in [6.45, 7) is 4.76. The number of carbonyl (C=O) groups is 1. The van der Waals surface area contributed by atoms with Gasteiger partial charge in [-0.25, -0.2) is 0 Å². The summed E-state index contributed by atoms with van der Waals surface area (Å²) in [6, 6.07) is 13.3. The topological polar surface area (TPSA) is 96.7 Å². The van der Waals surface area contributed by atoms with E-state index in [4.69, 9.17) is 4.74 Å². The summed E-state index contributed by atoms with van der Waals surface area (Å²) in [7, 11) is 0. The van der Waals surface area contributed by atoms with Crippen LogP contribution in [-0.2, 0) is 17.8 Å². The number of ether oxygens (including phenoxy) is 1. The second-order valence-corrected chi connectivity index (χ2v) is 11.8. The molecule has 0 bridgehead atoms. The molecule has 0 saturated carbocycles. The molecule has 8 nitrogen and oxygen atoms in total. The van der Waals surface area contributed by atoms with E-state index in [1.165, 1.54) is 23.0 Å². The SMILES string of the molecule is O=C(Cc1cc2cc([N+](=O)[O-])ccc2s1)NC1CCN(Cc2ccc(OC3CCNCC3)c(Br)c2)CC1. The Bertz CT molecular complexity index is 1270. The number of thiophene rings is 1. The van der Waals surface area contributed by atoms with E-state index in [0.717, 1.165) is 83.6 Å². The summed E-state index contributed by atoms with van der Waals surface area (Å²) in [5.41, 5.74) is 1.32. The summed E-state index contributed by atoms with van der Waals surface area (Å²) in [5, 5.41) is 18.4. The minimum atomic E-state index is -0.394. The van der Waals surface area contributed by atoms with Crippen LogP contribution in [0.25, 0.3) is 10.1 Å². The predicted octanol–water partition coefficient (Wildman–Crippen LogP) is 5.03. The third kappa shape index (κ3) is 6.87. The molecule has 0 radical (unpaired) electrons. The fourth-order valence-corrected chi connectivity index (χ4v) is 6.61. The summed E-state index contributed by atoms with van der Waals surface area (Å²) in [4.78, 5) is 26.6. The molecule has 0 spiro atoms. The predicted molar refractivity (Wildman–Crippen MR) is 149 cm³/mol. The van der Waals surface area contributed by atoms with E-state index in [9.17, 15) is 14.9 Å². The first kappa shape index (κ1) is 26.1. The number of rotatable bonds is 8. The molecular weight excluding hydrogens is 556 g/mol. The second kappa shape index (κ2) is 11.9. The number of hydrogen-bond donors (Lipinski definition) is 2. The number of fused-ring (bicyclic) bond motifs is 1. The van der Waals surface area contributed by atoms with Crippen LogP contribution in [-0.4, -0.2) is 54.1 Å². The Morgan fingerprint density at radius 1 is 1.14 bits per heavy atom. The summed E-state index contributed by atoms with van der Waals surface area (Å²) in [6.07, 6.45) is 4.49. The molecule has 2 aliphatic rings. The van der Waals surface area contributed by atoms with Crippen LogP contribution in [0.15, 0.2) is 46.9 Å². The van der Waals surface area contributed by atoms with E-state index in [-0.39, 0.29) is 23.7 Å². The maximum absolute atomic E-state index is 12.7. The van der Waals surface area contributed by atoms with Crippen LogP contribution in [0.5, 0.6) is 5.75 Å². The van der Waals surface area contributed by atoms with Crippen LogP contribution in [0.4, 0.5) is 5.69 Å². The van der Waals surface area contributed by atoms with Gasteiger partial charge < -0.3 is 15.4 Å². The molecule has 2 aliphatic heterocycles. The molecule has 196 valence electrons. The smallest absolute Gasteiger partial charge is 0.270 e. The van der Waals surface area contributed by atoms with Gasteiger partial charge in [-0.2, -0.15) is 0 Å². The molecular formula is C27H31BrN4O4S. The van der Waals surface area contributed by atoms with E-state index in [1.807, 2.05) is 6.07 Å². The highest BCUT2D eigenvalue weighted by molar-refractivity contribution is 9.10. The van der Waals surface area contributed by atoms with Crippen molar-refractivity contribution >= 4 is 48.9 Å². The fraction of sp³-hybridized carbons (Fsp3) is 0.444. The highest BCUT2D eigenvalue weighted by Gasteiger charge is 2.22. The van der Waals surface area contributed by atoms with Gasteiger partial charge in [0.2, 0.25) is 5.91 Å². The van der Waals surface area contributed by atoms with Crippen LogP contribution in [0, 0.1) is 10.1 Å². The van der Waals surface area contributed by atoms with Crippen LogP contribution in [0.3, 0.4) is 0 Å². The number of nitro benzene ring substituents is 1. The Balaban J connectivity index is 1.08. The van der Waals surface area contributed by atoms with Crippen molar-refractivity contribution in [1.29, 1.82) is 0 Å². The lowest BCUT2D eigenvalue weighted by Gasteiger charge is -2.32. The van der Waals surface area contributed by atoms with Crippen molar-refractivity contribution in [2.45, 2.75) is 50.8 Å². The molecule has 5 rings (SSSR count).